The van der Waals surface area contributed by atoms with Crippen molar-refractivity contribution in [1.29, 1.82) is 0 Å². The van der Waals surface area contributed by atoms with Crippen LogP contribution in [0.2, 0.25) is 0 Å². The first kappa shape index (κ1) is 24.7. The zero-order valence-corrected chi connectivity index (χ0v) is 21.4. The summed E-state index contributed by atoms with van der Waals surface area (Å²) in [5.41, 5.74) is 5.12. The SMILES string of the molecule is CC[n+]1ccc(-c2cc[n+](CCCCCCC[n+]3ccc(-c4cc[n+](CC)cc4)cc3)cc2)cc1. The van der Waals surface area contributed by atoms with Crippen molar-refractivity contribution in [2.45, 2.75) is 72.1 Å². The highest BCUT2D eigenvalue weighted by molar-refractivity contribution is 5.61. The average Bonchev–Trinajstić information content (AvgIpc) is 2.93. The van der Waals surface area contributed by atoms with Crippen molar-refractivity contribution >= 4 is 0 Å². The first-order chi connectivity index (χ1) is 17.2. The van der Waals surface area contributed by atoms with E-state index < -0.39 is 0 Å². The van der Waals surface area contributed by atoms with Gasteiger partial charge in [-0.25, -0.2) is 18.3 Å². The zero-order chi connectivity index (χ0) is 24.3. The monoisotopic (exact) mass is 468 g/mol. The van der Waals surface area contributed by atoms with Gasteiger partial charge < -0.3 is 0 Å². The molecule has 0 atom stereocenters. The smallest absolute Gasteiger partial charge is 0.169 e. The number of nitrogens with zero attached hydrogens (tertiary/aromatic N) is 4. The van der Waals surface area contributed by atoms with Crippen molar-refractivity contribution in [3.05, 3.63) is 98.1 Å². The van der Waals surface area contributed by atoms with Crippen LogP contribution in [0.1, 0.15) is 46.0 Å². The fourth-order valence-corrected chi connectivity index (χ4v) is 4.44. The molecule has 4 aromatic rings. The molecule has 0 aliphatic carbocycles. The summed E-state index contributed by atoms with van der Waals surface area (Å²) in [7, 11) is 0. The minimum Gasteiger partial charge on any atom is -0.205 e. The zero-order valence-electron chi connectivity index (χ0n) is 21.4. The van der Waals surface area contributed by atoms with Crippen molar-refractivity contribution in [2.24, 2.45) is 0 Å². The first-order valence-corrected chi connectivity index (χ1v) is 13.2. The Morgan fingerprint density at radius 1 is 0.371 bits per heavy atom. The first-order valence-electron chi connectivity index (χ1n) is 13.2. The number of unbranched alkanes of at least 4 members (excludes halogenated alkanes) is 4. The third-order valence-electron chi connectivity index (χ3n) is 6.79. The fourth-order valence-electron chi connectivity index (χ4n) is 4.44. The molecule has 0 bridgehead atoms. The van der Waals surface area contributed by atoms with E-state index in [1.165, 1.54) is 54.4 Å². The molecule has 0 radical (unpaired) electrons. The third kappa shape index (κ3) is 7.29. The van der Waals surface area contributed by atoms with Crippen LogP contribution in [-0.4, -0.2) is 0 Å². The fraction of sp³-hybridized carbons (Fsp3) is 0.355. The van der Waals surface area contributed by atoms with Crippen LogP contribution >= 0.6 is 0 Å². The van der Waals surface area contributed by atoms with E-state index in [0.717, 1.165) is 26.2 Å². The Bertz CT molecular complexity index is 1050. The summed E-state index contributed by atoms with van der Waals surface area (Å²) in [6, 6.07) is 17.7. The Morgan fingerprint density at radius 2 is 0.629 bits per heavy atom. The van der Waals surface area contributed by atoms with E-state index in [1.807, 2.05) is 0 Å². The van der Waals surface area contributed by atoms with Crippen LogP contribution in [0.3, 0.4) is 0 Å². The normalized spacial score (nSPS) is 11.0. The molecule has 0 N–H and O–H groups in total. The van der Waals surface area contributed by atoms with Crippen molar-refractivity contribution in [3.63, 3.8) is 0 Å². The van der Waals surface area contributed by atoms with Crippen molar-refractivity contribution in [3.8, 4) is 22.3 Å². The van der Waals surface area contributed by atoms with Gasteiger partial charge in [-0.2, -0.15) is 0 Å². The van der Waals surface area contributed by atoms with Gasteiger partial charge in [0.15, 0.2) is 49.6 Å². The largest absolute Gasteiger partial charge is 0.205 e. The Hall–Kier alpha value is -3.40. The predicted molar refractivity (Wildman–Crippen MR) is 139 cm³/mol. The molecule has 4 heterocycles. The van der Waals surface area contributed by atoms with Crippen molar-refractivity contribution in [1.82, 2.24) is 0 Å². The molecule has 0 fully saturated rings. The summed E-state index contributed by atoms with van der Waals surface area (Å²) < 4.78 is 9.00. The van der Waals surface area contributed by atoms with E-state index in [2.05, 4.69) is 130 Å². The highest BCUT2D eigenvalue weighted by Crippen LogP contribution is 2.16. The van der Waals surface area contributed by atoms with E-state index in [4.69, 9.17) is 0 Å². The lowest BCUT2D eigenvalue weighted by Gasteiger charge is -2.02. The Labute approximate surface area is 210 Å². The van der Waals surface area contributed by atoms with Crippen LogP contribution in [0.5, 0.6) is 0 Å². The number of aromatic nitrogens is 4. The molecule has 0 unspecified atom stereocenters. The summed E-state index contributed by atoms with van der Waals surface area (Å²) in [5, 5.41) is 0. The lowest BCUT2D eigenvalue weighted by molar-refractivity contribution is -0.697. The molecule has 4 aromatic heterocycles. The summed E-state index contributed by atoms with van der Waals surface area (Å²) in [4.78, 5) is 0. The number of rotatable bonds is 12. The number of hydrogen-bond acceptors (Lipinski definition) is 0. The van der Waals surface area contributed by atoms with Gasteiger partial charge in [0.2, 0.25) is 0 Å². The number of aryl methyl sites for hydroxylation is 4. The van der Waals surface area contributed by atoms with Gasteiger partial charge in [0.05, 0.1) is 0 Å². The van der Waals surface area contributed by atoms with E-state index in [9.17, 15) is 0 Å². The van der Waals surface area contributed by atoms with Gasteiger partial charge in [0.1, 0.15) is 26.2 Å². The van der Waals surface area contributed by atoms with Gasteiger partial charge in [-0.1, -0.05) is 6.42 Å². The quantitative estimate of drug-likeness (QED) is 0.208. The lowest BCUT2D eigenvalue weighted by atomic mass is 10.1. The molecule has 0 saturated carbocycles. The van der Waals surface area contributed by atoms with Crippen LogP contribution in [0, 0.1) is 0 Å². The van der Waals surface area contributed by atoms with E-state index >= 15 is 0 Å². The van der Waals surface area contributed by atoms with Crippen molar-refractivity contribution in [2.75, 3.05) is 0 Å². The Balaban J connectivity index is 1.12. The van der Waals surface area contributed by atoms with Gasteiger partial charge in [0, 0.05) is 61.4 Å². The predicted octanol–water partition coefficient (Wildman–Crippen LogP) is 4.86. The molecule has 4 rings (SSSR count). The van der Waals surface area contributed by atoms with Crippen LogP contribution in [-0.2, 0) is 26.2 Å². The molecule has 0 saturated heterocycles. The van der Waals surface area contributed by atoms with Gasteiger partial charge in [-0.15, -0.1) is 0 Å². The number of hydrogen-bond donors (Lipinski definition) is 0. The summed E-state index contributed by atoms with van der Waals surface area (Å²) in [6.07, 6.45) is 23.8. The van der Waals surface area contributed by atoms with Crippen LogP contribution in [0.15, 0.2) is 98.1 Å². The van der Waals surface area contributed by atoms with Gasteiger partial charge >= 0.3 is 0 Å². The average molecular weight is 469 g/mol. The molecule has 0 aliphatic rings. The number of pyridine rings is 4. The Morgan fingerprint density at radius 3 is 0.914 bits per heavy atom. The standard InChI is InChI=1S/C31H40N4/c1-3-32-20-10-28(11-21-32)30-14-24-34(25-15-30)18-8-6-5-7-9-19-35-26-16-31(17-27-35)29-12-22-33(4-2)23-13-29/h10-17,20-27H,3-9,18-19H2,1-2H3/q+4. The minimum atomic E-state index is 1.01. The molecular weight excluding hydrogens is 428 g/mol. The molecule has 4 heteroatoms. The molecule has 0 aliphatic heterocycles. The molecule has 4 nitrogen and oxygen atoms in total. The van der Waals surface area contributed by atoms with E-state index in [0.29, 0.717) is 0 Å². The second-order valence-electron chi connectivity index (χ2n) is 9.25. The second-order valence-corrected chi connectivity index (χ2v) is 9.25. The molecule has 35 heavy (non-hydrogen) atoms. The molecule has 180 valence electrons. The highest BCUT2D eigenvalue weighted by atomic mass is 14.9. The maximum Gasteiger partial charge on any atom is 0.169 e. The molecule has 0 amide bonds. The molecular formula is C31H40N4+4. The van der Waals surface area contributed by atoms with Gasteiger partial charge in [0.25, 0.3) is 0 Å². The maximum atomic E-state index is 2.31. The highest BCUT2D eigenvalue weighted by Gasteiger charge is 2.07. The maximum absolute atomic E-state index is 2.31. The van der Waals surface area contributed by atoms with Gasteiger partial charge in [-0.05, 0) is 48.9 Å². The second kappa shape index (κ2) is 12.9. The van der Waals surface area contributed by atoms with Crippen LogP contribution < -0.4 is 18.3 Å². The van der Waals surface area contributed by atoms with Crippen LogP contribution in [0.25, 0.3) is 22.3 Å². The summed E-state index contributed by atoms with van der Waals surface area (Å²) in [6.45, 7) is 8.53. The van der Waals surface area contributed by atoms with Gasteiger partial charge in [-0.3, -0.25) is 0 Å². The molecule has 0 aromatic carbocycles. The van der Waals surface area contributed by atoms with Crippen molar-refractivity contribution < 1.29 is 18.3 Å². The van der Waals surface area contributed by atoms with Crippen LogP contribution in [0.4, 0.5) is 0 Å². The summed E-state index contributed by atoms with van der Waals surface area (Å²) >= 11 is 0. The minimum absolute atomic E-state index is 1.01. The topological polar surface area (TPSA) is 15.5 Å². The third-order valence-corrected chi connectivity index (χ3v) is 6.79. The summed E-state index contributed by atoms with van der Waals surface area (Å²) in [5.74, 6) is 0. The van der Waals surface area contributed by atoms with E-state index in [-0.39, 0.29) is 0 Å². The Kier molecular flexibility index (Phi) is 9.11. The molecule has 0 spiro atoms. The van der Waals surface area contributed by atoms with E-state index in [1.54, 1.807) is 0 Å². The lowest BCUT2D eigenvalue weighted by Crippen LogP contribution is -2.32.